The summed E-state index contributed by atoms with van der Waals surface area (Å²) in [6.45, 7) is 0.864. The first kappa shape index (κ1) is 11.2. The van der Waals surface area contributed by atoms with Crippen molar-refractivity contribution in [3.05, 3.63) is 46.4 Å². The molecule has 0 unspecified atom stereocenters. The van der Waals surface area contributed by atoms with Crippen LogP contribution < -0.4 is 9.64 Å². The molecule has 0 spiro atoms. The molecule has 2 heterocycles. The summed E-state index contributed by atoms with van der Waals surface area (Å²) in [6.07, 6.45) is 0. The Labute approximate surface area is 107 Å². The van der Waals surface area contributed by atoms with Crippen molar-refractivity contribution in [2.24, 2.45) is 0 Å². The lowest BCUT2D eigenvalue weighted by molar-refractivity contribution is 0.0980. The van der Waals surface area contributed by atoms with E-state index in [4.69, 9.17) is 4.74 Å². The van der Waals surface area contributed by atoms with E-state index in [-0.39, 0.29) is 11.7 Å². The zero-order valence-electron chi connectivity index (χ0n) is 9.43. The van der Waals surface area contributed by atoms with Crippen molar-refractivity contribution < 1.29 is 13.9 Å². The van der Waals surface area contributed by atoms with Gasteiger partial charge in [0.1, 0.15) is 18.2 Å². The van der Waals surface area contributed by atoms with Gasteiger partial charge in [-0.2, -0.15) is 0 Å². The highest BCUT2D eigenvalue weighted by atomic mass is 32.1. The molecule has 3 rings (SSSR count). The molecule has 1 aliphatic heterocycles. The van der Waals surface area contributed by atoms with Crippen LogP contribution in [0.1, 0.15) is 9.67 Å². The van der Waals surface area contributed by atoms with Gasteiger partial charge < -0.3 is 9.64 Å². The number of ether oxygens (including phenoxy) is 1. The smallest absolute Gasteiger partial charge is 0.268 e. The van der Waals surface area contributed by atoms with E-state index in [0.717, 1.165) is 0 Å². The molecule has 92 valence electrons. The number of hydrogen-bond acceptors (Lipinski definition) is 3. The normalized spacial score (nSPS) is 13.9. The topological polar surface area (TPSA) is 29.5 Å². The van der Waals surface area contributed by atoms with Gasteiger partial charge in [0, 0.05) is 6.07 Å². The van der Waals surface area contributed by atoms with Gasteiger partial charge >= 0.3 is 0 Å². The Hall–Kier alpha value is -1.88. The molecule has 0 saturated heterocycles. The lowest BCUT2D eigenvalue weighted by Crippen LogP contribution is -2.37. The highest BCUT2D eigenvalue weighted by molar-refractivity contribution is 7.12. The van der Waals surface area contributed by atoms with Crippen molar-refractivity contribution in [1.82, 2.24) is 0 Å². The fourth-order valence-corrected chi connectivity index (χ4v) is 2.61. The number of anilines is 1. The molecule has 2 aromatic rings. The third-order valence-corrected chi connectivity index (χ3v) is 3.62. The molecule has 0 saturated carbocycles. The van der Waals surface area contributed by atoms with Gasteiger partial charge in [0.05, 0.1) is 17.1 Å². The van der Waals surface area contributed by atoms with Crippen LogP contribution in [0.3, 0.4) is 0 Å². The van der Waals surface area contributed by atoms with Crippen LogP contribution in [0.4, 0.5) is 10.1 Å². The number of benzene rings is 1. The number of rotatable bonds is 1. The van der Waals surface area contributed by atoms with Gasteiger partial charge in [0.15, 0.2) is 0 Å². The summed E-state index contributed by atoms with van der Waals surface area (Å²) >= 11 is 1.38. The van der Waals surface area contributed by atoms with Crippen LogP contribution >= 0.6 is 11.3 Å². The number of fused-ring (bicyclic) bond motifs is 1. The Kier molecular flexibility index (Phi) is 2.76. The van der Waals surface area contributed by atoms with Crippen molar-refractivity contribution in [3.63, 3.8) is 0 Å². The largest absolute Gasteiger partial charge is 0.490 e. The van der Waals surface area contributed by atoms with E-state index in [1.165, 1.54) is 23.5 Å². The fourth-order valence-electron chi connectivity index (χ4n) is 1.94. The number of amides is 1. The minimum absolute atomic E-state index is 0.111. The Bertz CT molecular complexity index is 583. The second kappa shape index (κ2) is 4.42. The van der Waals surface area contributed by atoms with Gasteiger partial charge in [-0.25, -0.2) is 4.39 Å². The summed E-state index contributed by atoms with van der Waals surface area (Å²) < 4.78 is 18.7. The molecular formula is C13H10FNO2S. The average molecular weight is 263 g/mol. The number of carbonyl (C=O) groups excluding carboxylic acids is 1. The van der Waals surface area contributed by atoms with Crippen molar-refractivity contribution in [1.29, 1.82) is 0 Å². The Morgan fingerprint density at radius 3 is 3.06 bits per heavy atom. The molecule has 5 heteroatoms. The third-order valence-electron chi connectivity index (χ3n) is 2.76. The van der Waals surface area contributed by atoms with E-state index in [9.17, 15) is 9.18 Å². The van der Waals surface area contributed by atoms with Crippen LogP contribution in [0.15, 0.2) is 35.7 Å². The molecule has 0 atom stereocenters. The van der Waals surface area contributed by atoms with E-state index in [2.05, 4.69) is 0 Å². The molecular weight excluding hydrogens is 253 g/mol. The van der Waals surface area contributed by atoms with Crippen LogP contribution in [-0.2, 0) is 0 Å². The molecule has 0 N–H and O–H groups in total. The van der Waals surface area contributed by atoms with Crippen LogP contribution in [0, 0.1) is 5.82 Å². The summed E-state index contributed by atoms with van der Waals surface area (Å²) in [6, 6.07) is 7.81. The number of carbonyl (C=O) groups is 1. The SMILES string of the molecule is O=C(c1cccs1)N1CCOc2ccc(F)cc21. The van der Waals surface area contributed by atoms with Crippen LogP contribution in [-0.4, -0.2) is 19.1 Å². The first-order valence-electron chi connectivity index (χ1n) is 5.53. The molecule has 0 aliphatic carbocycles. The quantitative estimate of drug-likeness (QED) is 0.791. The number of halogens is 1. The second-order valence-electron chi connectivity index (χ2n) is 3.89. The van der Waals surface area contributed by atoms with Gasteiger partial charge in [-0.1, -0.05) is 6.07 Å². The first-order valence-corrected chi connectivity index (χ1v) is 6.41. The highest BCUT2D eigenvalue weighted by Crippen LogP contribution is 2.33. The molecule has 1 aromatic carbocycles. The summed E-state index contributed by atoms with van der Waals surface area (Å²) in [7, 11) is 0. The van der Waals surface area contributed by atoms with E-state index in [1.807, 2.05) is 11.4 Å². The first-order chi connectivity index (χ1) is 8.75. The van der Waals surface area contributed by atoms with Crippen molar-refractivity contribution in [3.8, 4) is 5.75 Å². The summed E-state index contributed by atoms with van der Waals surface area (Å²) in [5, 5.41) is 1.85. The van der Waals surface area contributed by atoms with Crippen molar-refractivity contribution in [2.45, 2.75) is 0 Å². The van der Waals surface area contributed by atoms with E-state index < -0.39 is 0 Å². The van der Waals surface area contributed by atoms with Crippen molar-refractivity contribution >= 4 is 22.9 Å². The maximum Gasteiger partial charge on any atom is 0.268 e. The van der Waals surface area contributed by atoms with E-state index in [0.29, 0.717) is 29.5 Å². The lowest BCUT2D eigenvalue weighted by atomic mass is 10.2. The molecule has 0 fully saturated rings. The van der Waals surface area contributed by atoms with E-state index in [1.54, 1.807) is 17.0 Å². The predicted molar refractivity (Wildman–Crippen MR) is 67.9 cm³/mol. The zero-order valence-corrected chi connectivity index (χ0v) is 10.2. The summed E-state index contributed by atoms with van der Waals surface area (Å²) in [5.41, 5.74) is 0.500. The highest BCUT2D eigenvalue weighted by Gasteiger charge is 2.25. The van der Waals surface area contributed by atoms with Crippen LogP contribution in [0.2, 0.25) is 0 Å². The molecule has 1 aromatic heterocycles. The molecule has 1 amide bonds. The van der Waals surface area contributed by atoms with Gasteiger partial charge in [-0.15, -0.1) is 11.3 Å². The minimum Gasteiger partial charge on any atom is -0.490 e. The third kappa shape index (κ3) is 1.86. The van der Waals surface area contributed by atoms with Gasteiger partial charge in [-0.3, -0.25) is 4.79 Å². The molecule has 18 heavy (non-hydrogen) atoms. The van der Waals surface area contributed by atoms with Gasteiger partial charge in [0.2, 0.25) is 0 Å². The monoisotopic (exact) mass is 263 g/mol. The molecule has 0 bridgehead atoms. The molecule has 1 aliphatic rings. The predicted octanol–water partition coefficient (Wildman–Crippen LogP) is 2.93. The second-order valence-corrected chi connectivity index (χ2v) is 4.84. The maximum absolute atomic E-state index is 13.3. The van der Waals surface area contributed by atoms with Crippen molar-refractivity contribution in [2.75, 3.05) is 18.1 Å². The Morgan fingerprint density at radius 1 is 1.39 bits per heavy atom. The minimum atomic E-state index is -0.372. The number of nitrogens with zero attached hydrogens (tertiary/aromatic N) is 1. The fraction of sp³-hybridized carbons (Fsp3) is 0.154. The lowest BCUT2D eigenvalue weighted by Gasteiger charge is -2.29. The van der Waals surface area contributed by atoms with Crippen LogP contribution in [0.25, 0.3) is 0 Å². The zero-order chi connectivity index (χ0) is 12.5. The summed E-state index contributed by atoms with van der Waals surface area (Å²) in [4.78, 5) is 14.5. The van der Waals surface area contributed by atoms with E-state index >= 15 is 0 Å². The maximum atomic E-state index is 13.3. The van der Waals surface area contributed by atoms with Gasteiger partial charge in [0.25, 0.3) is 5.91 Å². The Morgan fingerprint density at radius 2 is 2.28 bits per heavy atom. The number of hydrogen-bond donors (Lipinski definition) is 0. The average Bonchev–Trinajstić information content (AvgIpc) is 2.91. The summed E-state index contributed by atoms with van der Waals surface area (Å²) in [5.74, 6) is 0.0657. The molecule has 0 radical (unpaired) electrons. The Balaban J connectivity index is 2.01. The van der Waals surface area contributed by atoms with Crippen LogP contribution in [0.5, 0.6) is 5.75 Å². The number of thiophene rings is 1. The standard InChI is InChI=1S/C13H10FNO2S/c14-9-3-4-11-10(8-9)15(5-6-17-11)13(16)12-2-1-7-18-12/h1-4,7-8H,5-6H2. The molecule has 3 nitrogen and oxygen atoms in total. The van der Waals surface area contributed by atoms with Gasteiger partial charge in [-0.05, 0) is 23.6 Å².